The van der Waals surface area contributed by atoms with Gasteiger partial charge in [-0.15, -0.1) is 11.3 Å². The summed E-state index contributed by atoms with van der Waals surface area (Å²) in [6, 6.07) is 20.4. The molecule has 1 fully saturated rings. The minimum Gasteiger partial charge on any atom is -0.497 e. The molecule has 0 atom stereocenters. The van der Waals surface area contributed by atoms with E-state index in [9.17, 15) is 23.3 Å². The highest BCUT2D eigenvalue weighted by atomic mass is 32.2. The number of nitrogens with one attached hydrogen (secondary N) is 1. The Balaban J connectivity index is 1.41. The van der Waals surface area contributed by atoms with E-state index in [2.05, 4.69) is 5.32 Å². The molecule has 6 rings (SSSR count). The topological polar surface area (TPSA) is 140 Å². The maximum atomic E-state index is 13.8. The quantitative estimate of drug-likeness (QED) is 0.305. The third-order valence-electron chi connectivity index (χ3n) is 7.67. The first-order chi connectivity index (χ1) is 22.3. The van der Waals surface area contributed by atoms with Crippen molar-refractivity contribution in [2.24, 2.45) is 0 Å². The molecule has 4 aromatic rings. The number of sulfonamides is 1. The van der Waals surface area contributed by atoms with Crippen molar-refractivity contribution in [1.82, 2.24) is 8.87 Å². The Kier molecular flexibility index (Phi) is 8.94. The fourth-order valence-electron chi connectivity index (χ4n) is 5.33. The minimum absolute atomic E-state index is 0.0509. The van der Waals surface area contributed by atoms with Gasteiger partial charge in [-0.1, -0.05) is 30.7 Å². The second kappa shape index (κ2) is 13.2. The summed E-state index contributed by atoms with van der Waals surface area (Å²) in [6.07, 6.45) is 4.25. The number of amides is 1. The Morgan fingerprint density at radius 1 is 1.04 bits per heavy atom. The highest BCUT2D eigenvalue weighted by molar-refractivity contribution is 7.89. The minimum atomic E-state index is -3.75. The second-order valence-electron chi connectivity index (χ2n) is 10.7. The normalized spacial score (nSPS) is 15.7. The number of thiazole rings is 1. The predicted molar refractivity (Wildman–Crippen MR) is 173 cm³/mol. The second-order valence-corrected chi connectivity index (χ2v) is 13.7. The summed E-state index contributed by atoms with van der Waals surface area (Å²) in [7, 11) is -2.20. The van der Waals surface area contributed by atoms with Crippen molar-refractivity contribution in [3.05, 3.63) is 97.4 Å². The van der Waals surface area contributed by atoms with Gasteiger partial charge in [0.25, 0.3) is 11.5 Å². The van der Waals surface area contributed by atoms with Crippen molar-refractivity contribution in [2.45, 2.75) is 30.7 Å². The molecule has 236 valence electrons. The molecule has 2 aliphatic heterocycles. The van der Waals surface area contributed by atoms with Crippen LogP contribution in [-0.4, -0.2) is 50.2 Å². The van der Waals surface area contributed by atoms with Gasteiger partial charge in [-0.3, -0.25) is 14.2 Å². The first kappa shape index (κ1) is 31.1. The zero-order chi connectivity index (χ0) is 32.3. The van der Waals surface area contributed by atoms with Crippen molar-refractivity contribution >= 4 is 44.6 Å². The van der Waals surface area contributed by atoms with E-state index >= 15 is 0 Å². The standard InChI is InChI=1S/C33H30N4O7S2/c1-42-25-9-5-7-22(15-25)17-30-32(39)37(20-23-11-12-28-29(16-23)44-21-43-28)33(45-30)27(19-34)31(38)35-24-8-6-10-26(18-24)46(40,41)36-13-3-2-4-14-36/h5-12,15-18H,2-4,13-14,20-21H2,1H3,(H,35,38)/b30-17-,33-27+. The van der Waals surface area contributed by atoms with Crippen molar-refractivity contribution in [3.8, 4) is 23.3 Å². The molecule has 1 saturated heterocycles. The number of hydrogen-bond donors (Lipinski definition) is 1. The first-order valence-corrected chi connectivity index (χ1v) is 16.8. The van der Waals surface area contributed by atoms with Crippen molar-refractivity contribution in [1.29, 1.82) is 5.26 Å². The summed E-state index contributed by atoms with van der Waals surface area (Å²) in [5, 5.41) is 12.9. The number of aromatic nitrogens is 1. The number of anilines is 1. The van der Waals surface area contributed by atoms with Crippen LogP contribution in [0.25, 0.3) is 11.6 Å². The number of nitriles is 1. The number of methoxy groups -OCH3 is 1. The van der Waals surface area contributed by atoms with Gasteiger partial charge in [-0.2, -0.15) is 9.57 Å². The molecule has 0 saturated carbocycles. The van der Waals surface area contributed by atoms with Crippen LogP contribution in [0.1, 0.15) is 30.4 Å². The maximum absolute atomic E-state index is 13.8. The molecule has 1 aromatic heterocycles. The molecular formula is C33H30N4O7S2. The molecule has 0 radical (unpaired) electrons. The van der Waals surface area contributed by atoms with Crippen LogP contribution in [0.15, 0.2) is 76.4 Å². The number of fused-ring (bicyclic) bond motifs is 1. The van der Waals surface area contributed by atoms with Crippen LogP contribution < -0.4 is 34.3 Å². The highest BCUT2D eigenvalue weighted by Gasteiger charge is 2.26. The molecule has 2 aliphatic rings. The monoisotopic (exact) mass is 658 g/mol. The van der Waals surface area contributed by atoms with E-state index in [0.717, 1.165) is 30.6 Å². The molecule has 3 aromatic carbocycles. The van der Waals surface area contributed by atoms with E-state index in [1.54, 1.807) is 61.7 Å². The Bertz CT molecular complexity index is 2140. The lowest BCUT2D eigenvalue weighted by Gasteiger charge is -2.26. The zero-order valence-corrected chi connectivity index (χ0v) is 26.5. The van der Waals surface area contributed by atoms with Gasteiger partial charge in [0.2, 0.25) is 16.8 Å². The third kappa shape index (κ3) is 6.41. The van der Waals surface area contributed by atoms with E-state index < -0.39 is 21.5 Å². The van der Waals surface area contributed by atoms with Crippen LogP contribution >= 0.6 is 11.3 Å². The van der Waals surface area contributed by atoms with Crippen LogP contribution in [0.5, 0.6) is 17.2 Å². The number of hydrogen-bond acceptors (Lipinski definition) is 9. The average Bonchev–Trinajstić information content (AvgIpc) is 3.66. The Labute approximate surface area is 269 Å². The Hall–Kier alpha value is -4.90. The van der Waals surface area contributed by atoms with Crippen molar-refractivity contribution in [3.63, 3.8) is 0 Å². The largest absolute Gasteiger partial charge is 0.497 e. The molecule has 0 bridgehead atoms. The summed E-state index contributed by atoms with van der Waals surface area (Å²) in [4.78, 5) is 27.5. The van der Waals surface area contributed by atoms with Gasteiger partial charge in [-0.25, -0.2) is 8.42 Å². The van der Waals surface area contributed by atoms with Crippen LogP contribution in [0.2, 0.25) is 0 Å². The zero-order valence-electron chi connectivity index (χ0n) is 24.9. The number of benzene rings is 3. The molecule has 0 spiro atoms. The van der Waals surface area contributed by atoms with Crippen molar-refractivity contribution in [2.75, 3.05) is 32.3 Å². The van der Waals surface area contributed by atoms with Crippen LogP contribution in [0.3, 0.4) is 0 Å². The van der Waals surface area contributed by atoms with Gasteiger partial charge in [0, 0.05) is 18.8 Å². The lowest BCUT2D eigenvalue weighted by molar-refractivity contribution is -0.111. The first-order valence-electron chi connectivity index (χ1n) is 14.6. The number of nitrogens with zero attached hydrogens (tertiary/aromatic N) is 3. The fraction of sp³-hybridized carbons (Fsp3) is 0.242. The van der Waals surface area contributed by atoms with E-state index in [1.165, 1.54) is 21.0 Å². The number of carbonyl (C=O) groups is 1. The summed E-state index contributed by atoms with van der Waals surface area (Å²) >= 11 is 1.01. The number of rotatable bonds is 8. The summed E-state index contributed by atoms with van der Waals surface area (Å²) in [6.45, 7) is 1.03. The molecule has 46 heavy (non-hydrogen) atoms. The predicted octanol–water partition coefficient (Wildman–Crippen LogP) is 3.01. The molecule has 1 N–H and O–H groups in total. The molecule has 3 heterocycles. The fourth-order valence-corrected chi connectivity index (χ4v) is 7.99. The lowest BCUT2D eigenvalue weighted by Crippen LogP contribution is -2.35. The highest BCUT2D eigenvalue weighted by Crippen LogP contribution is 2.32. The summed E-state index contributed by atoms with van der Waals surface area (Å²) in [5.41, 5.74) is 0.925. The third-order valence-corrected chi connectivity index (χ3v) is 10.7. The molecule has 13 heteroatoms. The van der Waals surface area contributed by atoms with Crippen LogP contribution in [0.4, 0.5) is 5.69 Å². The number of carbonyl (C=O) groups excluding carboxylic acids is 1. The summed E-state index contributed by atoms with van der Waals surface area (Å²) in [5.74, 6) is 0.956. The molecule has 0 unspecified atom stereocenters. The van der Waals surface area contributed by atoms with Gasteiger partial charge in [-0.05, 0) is 72.5 Å². The Morgan fingerprint density at radius 3 is 2.61 bits per heavy atom. The van der Waals surface area contributed by atoms with E-state index in [1.807, 2.05) is 12.1 Å². The average molecular weight is 659 g/mol. The molecular weight excluding hydrogens is 629 g/mol. The Morgan fingerprint density at radius 2 is 1.83 bits per heavy atom. The van der Waals surface area contributed by atoms with Gasteiger partial charge in [0.15, 0.2) is 17.1 Å². The summed E-state index contributed by atoms with van der Waals surface area (Å²) < 4.78 is 46.0. The molecule has 0 aliphatic carbocycles. The van der Waals surface area contributed by atoms with Crippen LogP contribution in [0, 0.1) is 11.3 Å². The van der Waals surface area contributed by atoms with Gasteiger partial charge in [0.1, 0.15) is 16.5 Å². The van der Waals surface area contributed by atoms with E-state index in [4.69, 9.17) is 14.2 Å². The van der Waals surface area contributed by atoms with Crippen LogP contribution in [-0.2, 0) is 21.4 Å². The van der Waals surface area contributed by atoms with Gasteiger partial charge in [0.05, 0.1) is 23.1 Å². The van der Waals surface area contributed by atoms with Gasteiger partial charge >= 0.3 is 0 Å². The SMILES string of the molecule is COc1cccc(/C=c2\s/c(=C(\C#N)C(=O)Nc3cccc(S(=O)(=O)N4CCCCC4)c3)n(Cc3ccc4c(c3)OCO4)c2=O)c1. The molecule has 1 amide bonds. The van der Waals surface area contributed by atoms with Crippen molar-refractivity contribution < 1.29 is 27.4 Å². The maximum Gasteiger partial charge on any atom is 0.269 e. The van der Waals surface area contributed by atoms with Gasteiger partial charge < -0.3 is 19.5 Å². The van der Waals surface area contributed by atoms with E-state index in [0.29, 0.717) is 46.0 Å². The number of piperidine rings is 1. The number of ether oxygens (including phenoxy) is 3. The molecule has 11 nitrogen and oxygen atoms in total. The smallest absolute Gasteiger partial charge is 0.269 e. The lowest BCUT2D eigenvalue weighted by atomic mass is 10.2. The van der Waals surface area contributed by atoms with E-state index in [-0.39, 0.29) is 34.2 Å².